The molecule has 0 saturated carbocycles. The van der Waals surface area contributed by atoms with E-state index < -0.39 is 0 Å². The molecular weight excluding hydrogens is 160 g/mol. The van der Waals surface area contributed by atoms with E-state index in [4.69, 9.17) is 0 Å². The highest BCUT2D eigenvalue weighted by Crippen LogP contribution is 2.16. The fourth-order valence-electron chi connectivity index (χ4n) is 1.91. The van der Waals surface area contributed by atoms with Crippen molar-refractivity contribution in [1.29, 1.82) is 0 Å². The number of aromatic nitrogens is 1. The van der Waals surface area contributed by atoms with E-state index in [-0.39, 0.29) is 0 Å². The molecule has 1 N–H and O–H groups in total. The molecule has 13 heavy (non-hydrogen) atoms. The molecular formula is C11H16N2. The summed E-state index contributed by atoms with van der Waals surface area (Å²) in [5.41, 5.74) is 2.79. The predicted octanol–water partition coefficient (Wildman–Crippen LogP) is 1.54. The molecule has 1 aliphatic rings. The van der Waals surface area contributed by atoms with Gasteiger partial charge in [-0.2, -0.15) is 0 Å². The first-order chi connectivity index (χ1) is 6.36. The highest BCUT2D eigenvalue weighted by atomic mass is 14.9. The monoisotopic (exact) mass is 176 g/mol. The minimum atomic E-state index is 0.822. The maximum atomic E-state index is 4.17. The Balaban J connectivity index is 2.04. The Kier molecular flexibility index (Phi) is 2.60. The second-order valence-electron chi connectivity index (χ2n) is 3.87. The fraction of sp³-hybridized carbons (Fsp3) is 0.545. The average molecular weight is 176 g/mol. The van der Waals surface area contributed by atoms with Crippen LogP contribution in [0.5, 0.6) is 0 Å². The molecule has 2 heterocycles. The van der Waals surface area contributed by atoms with Crippen molar-refractivity contribution in [1.82, 2.24) is 10.3 Å². The Morgan fingerprint density at radius 1 is 1.62 bits per heavy atom. The molecule has 0 radical (unpaired) electrons. The van der Waals surface area contributed by atoms with Gasteiger partial charge in [-0.1, -0.05) is 0 Å². The summed E-state index contributed by atoms with van der Waals surface area (Å²) in [7, 11) is 0. The van der Waals surface area contributed by atoms with Gasteiger partial charge < -0.3 is 5.32 Å². The van der Waals surface area contributed by atoms with E-state index in [9.17, 15) is 0 Å². The first-order valence-corrected chi connectivity index (χ1v) is 4.96. The third kappa shape index (κ3) is 2.07. The predicted molar refractivity (Wildman–Crippen MR) is 53.7 cm³/mol. The summed E-state index contributed by atoms with van der Waals surface area (Å²) in [5, 5.41) is 3.39. The number of nitrogens with one attached hydrogen (secondary N) is 1. The van der Waals surface area contributed by atoms with E-state index in [2.05, 4.69) is 23.3 Å². The van der Waals surface area contributed by atoms with E-state index in [0.29, 0.717) is 0 Å². The number of rotatable bonds is 2. The number of aryl methyl sites for hydroxylation is 1. The van der Waals surface area contributed by atoms with Gasteiger partial charge in [-0.05, 0) is 56.0 Å². The van der Waals surface area contributed by atoms with Crippen molar-refractivity contribution in [3.8, 4) is 0 Å². The summed E-state index contributed by atoms with van der Waals surface area (Å²) < 4.78 is 0. The number of nitrogens with zero attached hydrogens (tertiary/aromatic N) is 1. The average Bonchev–Trinajstić information content (AvgIpc) is 2.61. The molecule has 2 heteroatoms. The minimum absolute atomic E-state index is 0.822. The first kappa shape index (κ1) is 8.70. The quantitative estimate of drug-likeness (QED) is 0.739. The molecule has 0 aliphatic carbocycles. The van der Waals surface area contributed by atoms with Gasteiger partial charge >= 0.3 is 0 Å². The van der Waals surface area contributed by atoms with Crippen molar-refractivity contribution in [2.45, 2.75) is 19.8 Å². The third-order valence-corrected chi connectivity index (χ3v) is 2.82. The maximum absolute atomic E-state index is 4.17. The second kappa shape index (κ2) is 3.88. The Hall–Kier alpha value is -0.890. The molecule has 0 amide bonds. The van der Waals surface area contributed by atoms with Gasteiger partial charge in [0.1, 0.15) is 0 Å². The Morgan fingerprint density at radius 3 is 3.23 bits per heavy atom. The zero-order valence-electron chi connectivity index (χ0n) is 8.09. The van der Waals surface area contributed by atoms with Crippen LogP contribution in [0.15, 0.2) is 18.5 Å². The van der Waals surface area contributed by atoms with Crippen LogP contribution in [0.1, 0.15) is 17.5 Å². The number of hydrogen-bond acceptors (Lipinski definition) is 2. The van der Waals surface area contributed by atoms with Crippen LogP contribution < -0.4 is 5.32 Å². The van der Waals surface area contributed by atoms with Gasteiger partial charge in [0.2, 0.25) is 0 Å². The molecule has 0 bridgehead atoms. The molecule has 0 aromatic carbocycles. The molecule has 70 valence electrons. The topological polar surface area (TPSA) is 24.9 Å². The molecule has 1 aliphatic heterocycles. The van der Waals surface area contributed by atoms with E-state index in [1.54, 1.807) is 0 Å². The van der Waals surface area contributed by atoms with E-state index in [1.807, 2.05) is 12.4 Å². The van der Waals surface area contributed by atoms with Crippen LogP contribution in [-0.4, -0.2) is 18.1 Å². The van der Waals surface area contributed by atoms with Crippen LogP contribution in [0.3, 0.4) is 0 Å². The minimum Gasteiger partial charge on any atom is -0.316 e. The van der Waals surface area contributed by atoms with Gasteiger partial charge in [0.05, 0.1) is 0 Å². The molecule has 2 rings (SSSR count). The molecule has 0 spiro atoms. The van der Waals surface area contributed by atoms with Crippen LogP contribution in [0, 0.1) is 12.8 Å². The lowest BCUT2D eigenvalue weighted by Crippen LogP contribution is -2.11. The van der Waals surface area contributed by atoms with Crippen LogP contribution in [0.4, 0.5) is 0 Å². The first-order valence-electron chi connectivity index (χ1n) is 4.96. The van der Waals surface area contributed by atoms with Crippen LogP contribution in [0.25, 0.3) is 0 Å². The zero-order valence-corrected chi connectivity index (χ0v) is 8.09. The van der Waals surface area contributed by atoms with Crippen LogP contribution >= 0.6 is 0 Å². The third-order valence-electron chi connectivity index (χ3n) is 2.82. The molecule has 1 fully saturated rings. The highest BCUT2D eigenvalue weighted by Gasteiger charge is 2.15. The molecule has 1 aromatic heterocycles. The van der Waals surface area contributed by atoms with Gasteiger partial charge in [0, 0.05) is 12.4 Å². The van der Waals surface area contributed by atoms with Crippen LogP contribution in [0.2, 0.25) is 0 Å². The zero-order chi connectivity index (χ0) is 9.10. The lowest BCUT2D eigenvalue weighted by Gasteiger charge is -2.09. The lowest BCUT2D eigenvalue weighted by molar-refractivity contribution is 0.577. The molecule has 2 nitrogen and oxygen atoms in total. The summed E-state index contributed by atoms with van der Waals surface area (Å²) in [6, 6.07) is 2.09. The van der Waals surface area contributed by atoms with Crippen molar-refractivity contribution in [3.63, 3.8) is 0 Å². The molecule has 1 saturated heterocycles. The summed E-state index contributed by atoms with van der Waals surface area (Å²) in [6.45, 7) is 4.53. The van der Waals surface area contributed by atoms with Gasteiger partial charge in [-0.3, -0.25) is 4.98 Å². The summed E-state index contributed by atoms with van der Waals surface area (Å²) in [6.07, 6.45) is 6.38. The summed E-state index contributed by atoms with van der Waals surface area (Å²) >= 11 is 0. The van der Waals surface area contributed by atoms with Crippen molar-refractivity contribution >= 4 is 0 Å². The largest absolute Gasteiger partial charge is 0.316 e. The Morgan fingerprint density at radius 2 is 2.54 bits per heavy atom. The Bertz CT molecular complexity index is 277. The van der Waals surface area contributed by atoms with E-state index >= 15 is 0 Å². The highest BCUT2D eigenvalue weighted by molar-refractivity contribution is 5.22. The van der Waals surface area contributed by atoms with E-state index in [1.165, 1.54) is 37.1 Å². The number of hydrogen-bond donors (Lipinski definition) is 1. The van der Waals surface area contributed by atoms with Crippen molar-refractivity contribution < 1.29 is 0 Å². The van der Waals surface area contributed by atoms with Crippen LogP contribution in [-0.2, 0) is 6.42 Å². The van der Waals surface area contributed by atoms with Gasteiger partial charge in [0.25, 0.3) is 0 Å². The van der Waals surface area contributed by atoms with Gasteiger partial charge in [-0.15, -0.1) is 0 Å². The SMILES string of the molecule is Cc1ccncc1CC1CCNC1. The smallest absolute Gasteiger partial charge is 0.0302 e. The Labute approximate surface area is 79.4 Å². The number of pyridine rings is 1. The maximum Gasteiger partial charge on any atom is 0.0302 e. The van der Waals surface area contributed by atoms with E-state index in [0.717, 1.165) is 5.92 Å². The second-order valence-corrected chi connectivity index (χ2v) is 3.87. The van der Waals surface area contributed by atoms with Crippen molar-refractivity contribution in [3.05, 3.63) is 29.6 Å². The molecule has 1 atom stereocenters. The summed E-state index contributed by atoms with van der Waals surface area (Å²) in [4.78, 5) is 4.17. The lowest BCUT2D eigenvalue weighted by atomic mass is 9.97. The van der Waals surface area contributed by atoms with Crippen molar-refractivity contribution in [2.75, 3.05) is 13.1 Å². The molecule has 1 unspecified atom stereocenters. The van der Waals surface area contributed by atoms with Gasteiger partial charge in [-0.25, -0.2) is 0 Å². The normalized spacial score (nSPS) is 22.1. The summed E-state index contributed by atoms with van der Waals surface area (Å²) in [5.74, 6) is 0.822. The van der Waals surface area contributed by atoms with Gasteiger partial charge in [0.15, 0.2) is 0 Å². The standard InChI is InChI=1S/C11H16N2/c1-9-2-4-13-8-11(9)6-10-3-5-12-7-10/h2,4,8,10,12H,3,5-7H2,1H3. The molecule has 1 aromatic rings. The van der Waals surface area contributed by atoms with Crippen molar-refractivity contribution in [2.24, 2.45) is 5.92 Å². The fourth-order valence-corrected chi connectivity index (χ4v) is 1.91.